The average molecular weight is 368 g/mol. The second-order valence-corrected chi connectivity index (χ2v) is 8.26. The van der Waals surface area contributed by atoms with Crippen LogP contribution in [0.25, 0.3) is 0 Å². The van der Waals surface area contributed by atoms with E-state index in [2.05, 4.69) is 15.1 Å². The van der Waals surface area contributed by atoms with Crippen molar-refractivity contribution >= 4 is 10.0 Å². The molecule has 3 rings (SSSR count). The molecule has 0 aliphatic carbocycles. The van der Waals surface area contributed by atoms with Crippen molar-refractivity contribution < 1.29 is 17.2 Å². The van der Waals surface area contributed by atoms with Gasteiger partial charge in [-0.05, 0) is 24.3 Å². The summed E-state index contributed by atoms with van der Waals surface area (Å²) in [7, 11) is -3.59. The van der Waals surface area contributed by atoms with Crippen molar-refractivity contribution in [3.63, 3.8) is 0 Å². The number of nitrogens with zero attached hydrogens (tertiary/aromatic N) is 4. The quantitative estimate of drug-likeness (QED) is 0.801. The molecule has 1 aromatic carbocycles. The van der Waals surface area contributed by atoms with E-state index < -0.39 is 15.8 Å². The molecule has 0 unspecified atom stereocenters. The van der Waals surface area contributed by atoms with Gasteiger partial charge in [0.15, 0.2) is 0 Å². The summed E-state index contributed by atoms with van der Waals surface area (Å²) in [5.41, 5.74) is 0. The normalized spacial score (nSPS) is 17.3. The summed E-state index contributed by atoms with van der Waals surface area (Å²) in [5, 5.41) is 8.03. The van der Waals surface area contributed by atoms with E-state index in [1.807, 2.05) is 13.8 Å². The van der Waals surface area contributed by atoms with Gasteiger partial charge in [0.05, 0.1) is 11.4 Å². The molecule has 9 heteroatoms. The summed E-state index contributed by atoms with van der Waals surface area (Å²) in [5.74, 6) is 0.870. The van der Waals surface area contributed by atoms with Crippen molar-refractivity contribution in [3.05, 3.63) is 41.9 Å². The highest BCUT2D eigenvalue weighted by molar-refractivity contribution is 7.89. The van der Waals surface area contributed by atoms with Gasteiger partial charge in [-0.2, -0.15) is 4.31 Å². The lowest BCUT2D eigenvalue weighted by atomic mass is 10.2. The van der Waals surface area contributed by atoms with Gasteiger partial charge < -0.3 is 4.42 Å². The summed E-state index contributed by atoms with van der Waals surface area (Å²) in [6.07, 6.45) is 0. The van der Waals surface area contributed by atoms with Crippen LogP contribution >= 0.6 is 0 Å². The summed E-state index contributed by atoms with van der Waals surface area (Å²) in [4.78, 5) is 2.19. The number of benzene rings is 1. The van der Waals surface area contributed by atoms with Crippen LogP contribution in [0.5, 0.6) is 0 Å². The highest BCUT2D eigenvalue weighted by Crippen LogP contribution is 2.19. The van der Waals surface area contributed by atoms with Gasteiger partial charge >= 0.3 is 0 Å². The summed E-state index contributed by atoms with van der Waals surface area (Å²) in [6, 6.07) is 4.90. The van der Waals surface area contributed by atoms with Gasteiger partial charge in [0.25, 0.3) is 0 Å². The zero-order chi connectivity index (χ0) is 18.0. The van der Waals surface area contributed by atoms with Crippen molar-refractivity contribution in [2.24, 2.45) is 0 Å². The molecule has 2 heterocycles. The topological polar surface area (TPSA) is 79.5 Å². The molecule has 0 N–H and O–H groups in total. The predicted octanol–water partition coefficient (Wildman–Crippen LogP) is 1.84. The van der Waals surface area contributed by atoms with Gasteiger partial charge in [-0.15, -0.1) is 10.2 Å². The fraction of sp³-hybridized carbons (Fsp3) is 0.500. The van der Waals surface area contributed by atoms with Crippen LogP contribution in [-0.2, 0) is 16.6 Å². The number of aromatic nitrogens is 2. The molecular weight excluding hydrogens is 347 g/mol. The molecule has 1 fully saturated rings. The Bertz CT molecular complexity index is 812. The fourth-order valence-electron chi connectivity index (χ4n) is 2.64. The van der Waals surface area contributed by atoms with Gasteiger partial charge in [-0.25, -0.2) is 12.8 Å². The van der Waals surface area contributed by atoms with Gasteiger partial charge in [0, 0.05) is 32.1 Å². The number of hydrogen-bond acceptors (Lipinski definition) is 6. The Balaban J connectivity index is 1.60. The van der Waals surface area contributed by atoms with Crippen LogP contribution in [-0.4, -0.2) is 54.0 Å². The summed E-state index contributed by atoms with van der Waals surface area (Å²) >= 11 is 0. The second-order valence-electron chi connectivity index (χ2n) is 6.32. The third-order valence-electron chi connectivity index (χ3n) is 4.12. The van der Waals surface area contributed by atoms with Crippen LogP contribution in [0.4, 0.5) is 4.39 Å². The van der Waals surface area contributed by atoms with Gasteiger partial charge in [0.1, 0.15) is 5.82 Å². The molecule has 7 nitrogen and oxygen atoms in total. The van der Waals surface area contributed by atoms with Crippen molar-refractivity contribution in [2.75, 3.05) is 26.2 Å². The molecule has 1 aliphatic rings. The van der Waals surface area contributed by atoms with Gasteiger partial charge in [0.2, 0.25) is 21.8 Å². The third-order valence-corrected chi connectivity index (χ3v) is 6.03. The molecule has 0 saturated carbocycles. The molecule has 1 aromatic heterocycles. The molecule has 0 radical (unpaired) electrons. The Hall–Kier alpha value is -1.84. The molecule has 2 aromatic rings. The zero-order valence-corrected chi connectivity index (χ0v) is 15.0. The molecule has 0 atom stereocenters. The highest BCUT2D eigenvalue weighted by atomic mass is 32.2. The number of rotatable bonds is 5. The first-order valence-electron chi connectivity index (χ1n) is 8.16. The molecule has 0 bridgehead atoms. The number of halogens is 1. The summed E-state index contributed by atoms with van der Waals surface area (Å²) < 4.78 is 45.2. The Labute approximate surface area is 146 Å². The van der Waals surface area contributed by atoms with Crippen molar-refractivity contribution in [1.82, 2.24) is 19.4 Å². The lowest BCUT2D eigenvalue weighted by molar-refractivity contribution is 0.167. The predicted molar refractivity (Wildman–Crippen MR) is 88.8 cm³/mol. The minimum atomic E-state index is -3.59. The van der Waals surface area contributed by atoms with E-state index in [0.717, 1.165) is 12.1 Å². The van der Waals surface area contributed by atoms with Crippen molar-refractivity contribution in [1.29, 1.82) is 0 Å². The van der Waals surface area contributed by atoms with Crippen LogP contribution in [0.15, 0.2) is 33.6 Å². The SMILES string of the molecule is CC(C)c1nnc(CN2CCN(S(=O)(=O)c3ccc(F)cc3)CC2)o1. The van der Waals surface area contributed by atoms with Crippen molar-refractivity contribution in [3.8, 4) is 0 Å². The van der Waals surface area contributed by atoms with Crippen LogP contribution < -0.4 is 0 Å². The Morgan fingerprint density at radius 3 is 2.32 bits per heavy atom. The largest absolute Gasteiger partial charge is 0.424 e. The third kappa shape index (κ3) is 4.05. The Kier molecular flexibility index (Phi) is 5.16. The molecule has 0 amide bonds. The van der Waals surface area contributed by atoms with Crippen LogP contribution in [0, 0.1) is 5.82 Å². The van der Waals surface area contributed by atoms with E-state index in [-0.39, 0.29) is 10.8 Å². The van der Waals surface area contributed by atoms with Gasteiger partial charge in [-0.1, -0.05) is 13.8 Å². The van der Waals surface area contributed by atoms with E-state index in [9.17, 15) is 12.8 Å². The average Bonchev–Trinajstić information content (AvgIpc) is 3.04. The van der Waals surface area contributed by atoms with Gasteiger partial charge in [-0.3, -0.25) is 4.90 Å². The smallest absolute Gasteiger partial charge is 0.243 e. The molecule has 0 spiro atoms. The maximum Gasteiger partial charge on any atom is 0.243 e. The highest BCUT2D eigenvalue weighted by Gasteiger charge is 2.29. The molecule has 1 saturated heterocycles. The Morgan fingerprint density at radius 2 is 1.76 bits per heavy atom. The first-order chi connectivity index (χ1) is 11.9. The standard InChI is InChI=1S/C16H21FN4O3S/c1-12(2)16-19-18-15(24-16)11-20-7-9-21(10-8-20)25(22,23)14-5-3-13(17)4-6-14/h3-6,12H,7-11H2,1-2H3. The van der Waals surface area contributed by atoms with E-state index in [1.54, 1.807) is 0 Å². The Morgan fingerprint density at radius 1 is 1.12 bits per heavy atom. The maximum absolute atomic E-state index is 13.0. The maximum atomic E-state index is 13.0. The van der Waals surface area contributed by atoms with Crippen LogP contribution in [0.1, 0.15) is 31.5 Å². The number of hydrogen-bond donors (Lipinski definition) is 0. The number of piperazine rings is 1. The molecule has 1 aliphatic heterocycles. The molecular formula is C16H21FN4O3S. The van der Waals surface area contributed by atoms with E-state index in [1.165, 1.54) is 16.4 Å². The monoisotopic (exact) mass is 368 g/mol. The first-order valence-corrected chi connectivity index (χ1v) is 9.60. The lowest BCUT2D eigenvalue weighted by Crippen LogP contribution is -2.48. The first kappa shape index (κ1) is 18.0. The molecule has 25 heavy (non-hydrogen) atoms. The van der Waals surface area contributed by atoms with E-state index >= 15 is 0 Å². The minimum Gasteiger partial charge on any atom is -0.424 e. The fourth-order valence-corrected chi connectivity index (χ4v) is 4.06. The lowest BCUT2D eigenvalue weighted by Gasteiger charge is -2.33. The van der Waals surface area contributed by atoms with Crippen molar-refractivity contribution in [2.45, 2.75) is 31.2 Å². The molecule has 136 valence electrons. The van der Waals surface area contributed by atoms with E-state index in [4.69, 9.17) is 4.42 Å². The van der Waals surface area contributed by atoms with Crippen LogP contribution in [0.3, 0.4) is 0 Å². The van der Waals surface area contributed by atoms with Crippen LogP contribution in [0.2, 0.25) is 0 Å². The second kappa shape index (κ2) is 7.19. The minimum absolute atomic E-state index is 0.112. The number of sulfonamides is 1. The zero-order valence-electron chi connectivity index (χ0n) is 14.2. The van der Waals surface area contributed by atoms with E-state index in [0.29, 0.717) is 44.5 Å². The summed E-state index contributed by atoms with van der Waals surface area (Å²) in [6.45, 7) is 6.34.